The molecule has 0 unspecified atom stereocenters. The summed E-state index contributed by atoms with van der Waals surface area (Å²) in [6.45, 7) is 1.28. The minimum atomic E-state index is 0. The normalized spacial score (nSPS) is 10.9. The van der Waals surface area contributed by atoms with Crippen molar-refractivity contribution in [3.8, 4) is 0 Å². The van der Waals surface area contributed by atoms with Crippen LogP contribution in [-0.2, 0) is 41.7 Å². The Labute approximate surface area is 146 Å². The first kappa shape index (κ1) is 17.8. The third kappa shape index (κ3) is 5.92. The molecule has 0 heterocycles. The van der Waals surface area contributed by atoms with Gasteiger partial charge in [-0.05, 0) is 11.1 Å². The summed E-state index contributed by atoms with van der Waals surface area (Å²) in [5.74, 6) is 0. The van der Waals surface area contributed by atoms with Crippen molar-refractivity contribution < 1.29 is 16.5 Å². The number of hydrogen-bond acceptors (Lipinski definition) is 4. The summed E-state index contributed by atoms with van der Waals surface area (Å²) in [7, 11) is 0. The van der Waals surface area contributed by atoms with Gasteiger partial charge in [0.05, 0.1) is 13.1 Å². The molecule has 0 aliphatic heterocycles. The van der Waals surface area contributed by atoms with E-state index in [2.05, 4.69) is 9.98 Å². The first-order valence-electron chi connectivity index (χ1n) is 6.29. The van der Waals surface area contributed by atoms with E-state index >= 15 is 0 Å². The van der Waals surface area contributed by atoms with Crippen molar-refractivity contribution in [3.05, 3.63) is 59.7 Å². The van der Waals surface area contributed by atoms with E-state index in [0.29, 0.717) is 13.1 Å². The van der Waals surface area contributed by atoms with E-state index in [0.717, 1.165) is 20.9 Å². The van der Waals surface area contributed by atoms with E-state index in [1.165, 1.54) is 0 Å². The zero-order valence-corrected chi connectivity index (χ0v) is 13.8. The Morgan fingerprint density at radius 2 is 1.10 bits per heavy atom. The van der Waals surface area contributed by atoms with Crippen molar-refractivity contribution in [2.75, 3.05) is 13.1 Å². The monoisotopic (exact) mass is 356 g/mol. The second kappa shape index (κ2) is 9.61. The first-order valence-corrected chi connectivity index (χ1v) is 7.11. The first-order chi connectivity index (χ1) is 9.77. The molecule has 0 aliphatic rings. The molecule has 0 fully saturated rings. The summed E-state index contributed by atoms with van der Waals surface area (Å²) in [6.07, 6.45) is 3.61. The zero-order chi connectivity index (χ0) is 14.2. The van der Waals surface area contributed by atoms with Crippen LogP contribution in [0.2, 0.25) is 0 Å². The molecule has 110 valence electrons. The third-order valence-corrected chi connectivity index (χ3v) is 3.40. The van der Waals surface area contributed by atoms with Crippen LogP contribution in [0.25, 0.3) is 0 Å². The van der Waals surface area contributed by atoms with E-state index < -0.39 is 0 Å². The maximum absolute atomic E-state index is 5.20. The molecule has 0 aromatic heterocycles. The summed E-state index contributed by atoms with van der Waals surface area (Å²) in [4.78, 5) is 10.3. The van der Waals surface area contributed by atoms with E-state index in [-0.39, 0.29) is 16.5 Å². The van der Waals surface area contributed by atoms with Gasteiger partial charge in [0.1, 0.15) is 0 Å². The maximum Gasteiger partial charge on any atom is 2.00 e. The molecule has 0 saturated heterocycles. The number of hydrogen-bond donors (Lipinski definition) is 0. The fourth-order valence-corrected chi connectivity index (χ4v) is 2.01. The molecular weight excluding hydrogens is 343 g/mol. The summed E-state index contributed by atoms with van der Waals surface area (Å²) in [5.41, 5.74) is 1.95. The molecule has 0 radical (unpaired) electrons. The van der Waals surface area contributed by atoms with Crippen molar-refractivity contribution in [2.24, 2.45) is 9.98 Å². The van der Waals surface area contributed by atoms with Crippen molar-refractivity contribution in [2.45, 2.75) is 9.79 Å². The average Bonchev–Trinajstić information content (AvgIpc) is 2.46. The van der Waals surface area contributed by atoms with Gasteiger partial charge in [-0.15, -0.1) is 0 Å². The molecule has 0 bridgehead atoms. The molecule has 0 aliphatic carbocycles. The predicted octanol–water partition coefficient (Wildman–Crippen LogP) is 3.03. The van der Waals surface area contributed by atoms with Gasteiger partial charge in [-0.3, -0.25) is 9.98 Å². The Morgan fingerprint density at radius 1 is 0.714 bits per heavy atom. The van der Waals surface area contributed by atoms with Crippen LogP contribution in [0.5, 0.6) is 0 Å². The molecule has 2 rings (SSSR count). The molecule has 0 spiro atoms. The molecule has 2 aromatic carbocycles. The maximum atomic E-state index is 5.20. The van der Waals surface area contributed by atoms with Crippen LogP contribution in [0.1, 0.15) is 11.1 Å². The summed E-state index contributed by atoms with van der Waals surface area (Å²) >= 11 is 10.4. The molecular formula is C16H14N2NiS2. The Kier molecular flexibility index (Phi) is 8.13. The van der Waals surface area contributed by atoms with Gasteiger partial charge in [0.25, 0.3) is 0 Å². The Morgan fingerprint density at radius 3 is 1.48 bits per heavy atom. The molecule has 0 amide bonds. The van der Waals surface area contributed by atoms with E-state index in [9.17, 15) is 0 Å². The molecule has 21 heavy (non-hydrogen) atoms. The minimum Gasteiger partial charge on any atom is -0.779 e. The summed E-state index contributed by atoms with van der Waals surface area (Å²) in [6, 6.07) is 15.5. The molecule has 2 aromatic rings. The van der Waals surface area contributed by atoms with Crippen LogP contribution in [0.4, 0.5) is 0 Å². The second-order valence-electron chi connectivity index (χ2n) is 4.15. The van der Waals surface area contributed by atoms with Crippen LogP contribution in [0.3, 0.4) is 0 Å². The van der Waals surface area contributed by atoms with Gasteiger partial charge in [0.15, 0.2) is 0 Å². The summed E-state index contributed by atoms with van der Waals surface area (Å²) < 4.78 is 0. The molecule has 0 atom stereocenters. The predicted molar refractivity (Wildman–Crippen MR) is 89.1 cm³/mol. The van der Waals surface area contributed by atoms with Gasteiger partial charge < -0.3 is 25.3 Å². The number of nitrogens with zero attached hydrogens (tertiary/aromatic N) is 2. The molecule has 0 saturated carbocycles. The van der Waals surface area contributed by atoms with Gasteiger partial charge in [0.2, 0.25) is 0 Å². The average molecular weight is 357 g/mol. The molecule has 5 heteroatoms. The SMILES string of the molecule is [Ni+2].[S-]c1ccccc1C=NCCN=Cc1ccccc1[S-]. The van der Waals surface area contributed by atoms with Crippen molar-refractivity contribution in [3.63, 3.8) is 0 Å². The van der Waals surface area contributed by atoms with Crippen molar-refractivity contribution in [1.29, 1.82) is 0 Å². The van der Waals surface area contributed by atoms with Gasteiger partial charge in [-0.1, -0.05) is 48.5 Å². The van der Waals surface area contributed by atoms with Crippen LogP contribution < -0.4 is 0 Å². The number of aliphatic imine (C=N–C) groups is 2. The summed E-state index contributed by atoms with van der Waals surface area (Å²) in [5, 5.41) is 0. The van der Waals surface area contributed by atoms with Gasteiger partial charge in [-0.2, -0.15) is 9.79 Å². The van der Waals surface area contributed by atoms with E-state index in [1.807, 2.05) is 48.5 Å². The van der Waals surface area contributed by atoms with E-state index in [1.54, 1.807) is 12.4 Å². The molecule has 2 nitrogen and oxygen atoms in total. The Hall–Kier alpha value is -1.29. The topological polar surface area (TPSA) is 24.7 Å². The van der Waals surface area contributed by atoms with Crippen molar-refractivity contribution >= 4 is 37.7 Å². The minimum absolute atomic E-state index is 0. The van der Waals surface area contributed by atoms with Crippen LogP contribution in [-0.4, -0.2) is 25.5 Å². The van der Waals surface area contributed by atoms with Crippen LogP contribution in [0.15, 0.2) is 68.3 Å². The fourth-order valence-electron chi connectivity index (χ4n) is 1.62. The third-order valence-electron chi connectivity index (χ3n) is 2.66. The standard InChI is InChI=1S/C16H16N2S2.Ni/c19-15-7-3-1-5-13(15)11-17-9-10-18-12-14-6-2-4-8-16(14)20;/h1-8,11-12,19-20H,9-10H2;/q;+2/p-2. The fraction of sp³-hybridized carbons (Fsp3) is 0.125. The number of rotatable bonds is 5. The van der Waals surface area contributed by atoms with Gasteiger partial charge in [-0.25, -0.2) is 0 Å². The Balaban J connectivity index is 0.00000220. The van der Waals surface area contributed by atoms with Crippen molar-refractivity contribution in [1.82, 2.24) is 0 Å². The Bertz CT molecular complexity index is 572. The van der Waals surface area contributed by atoms with Gasteiger partial charge >= 0.3 is 16.5 Å². The van der Waals surface area contributed by atoms with Gasteiger partial charge in [0, 0.05) is 12.4 Å². The van der Waals surface area contributed by atoms with E-state index in [4.69, 9.17) is 25.3 Å². The second-order valence-corrected chi connectivity index (χ2v) is 5.03. The number of benzene rings is 2. The van der Waals surface area contributed by atoms with Crippen LogP contribution >= 0.6 is 0 Å². The van der Waals surface area contributed by atoms with Crippen LogP contribution in [0, 0.1) is 0 Å². The quantitative estimate of drug-likeness (QED) is 0.356. The zero-order valence-electron chi connectivity index (χ0n) is 11.2. The smallest absolute Gasteiger partial charge is 0.779 e. The largest absolute Gasteiger partial charge is 2.00 e. The molecule has 0 N–H and O–H groups in total.